The second kappa shape index (κ2) is 7.15. The van der Waals surface area contributed by atoms with Gasteiger partial charge in [0.2, 0.25) is 5.88 Å². The lowest BCUT2D eigenvalue weighted by atomic mass is 9.89. The Kier molecular flexibility index (Phi) is 4.44. The molecule has 1 aliphatic heterocycles. The summed E-state index contributed by atoms with van der Waals surface area (Å²) in [6.45, 7) is 2.40. The van der Waals surface area contributed by atoms with Crippen LogP contribution >= 0.6 is 11.3 Å². The van der Waals surface area contributed by atoms with Gasteiger partial charge in [-0.15, -0.1) is 11.3 Å². The molecule has 3 aromatic carbocycles. The Balaban J connectivity index is 1.64. The number of nitrogens with zero attached hydrogens (tertiary/aromatic N) is 2. The standard InChI is InChI=1S/C24H20N2O3S/c1-14(23(28)29)16-8-9-21-19(11-16)20(12-26(21)24-25-22(27)13-30-24)18-7-6-15-4-2-3-5-17(15)10-18/h2-11,13-14,20,27H,12H2,1H3,(H,28,29). The van der Waals surface area contributed by atoms with Gasteiger partial charge in [0.25, 0.3) is 0 Å². The highest BCUT2D eigenvalue weighted by Crippen LogP contribution is 2.46. The zero-order valence-electron chi connectivity index (χ0n) is 16.3. The molecule has 2 atom stereocenters. The van der Waals surface area contributed by atoms with E-state index in [0.717, 1.165) is 21.9 Å². The lowest BCUT2D eigenvalue weighted by Crippen LogP contribution is -2.15. The molecule has 0 fully saturated rings. The van der Waals surface area contributed by atoms with Crippen molar-refractivity contribution < 1.29 is 15.0 Å². The summed E-state index contributed by atoms with van der Waals surface area (Å²) in [7, 11) is 0. The molecular formula is C24H20N2O3S. The van der Waals surface area contributed by atoms with Gasteiger partial charge in [0.15, 0.2) is 5.13 Å². The van der Waals surface area contributed by atoms with Gasteiger partial charge in [0, 0.05) is 18.2 Å². The summed E-state index contributed by atoms with van der Waals surface area (Å²) < 4.78 is 0. The first-order valence-corrected chi connectivity index (χ1v) is 10.7. The molecule has 0 radical (unpaired) electrons. The summed E-state index contributed by atoms with van der Waals surface area (Å²) in [5.74, 6) is -1.32. The van der Waals surface area contributed by atoms with E-state index in [1.54, 1.807) is 12.3 Å². The molecule has 5 nitrogen and oxygen atoms in total. The van der Waals surface area contributed by atoms with Crippen LogP contribution in [0.4, 0.5) is 10.8 Å². The molecule has 150 valence electrons. The number of carbonyl (C=O) groups is 1. The predicted molar refractivity (Wildman–Crippen MR) is 119 cm³/mol. The van der Waals surface area contributed by atoms with Crippen molar-refractivity contribution >= 4 is 38.9 Å². The number of hydrogen-bond donors (Lipinski definition) is 2. The molecule has 30 heavy (non-hydrogen) atoms. The van der Waals surface area contributed by atoms with Crippen molar-refractivity contribution in [1.82, 2.24) is 4.98 Å². The molecule has 0 saturated carbocycles. The number of aromatic hydroxyl groups is 1. The quantitative estimate of drug-likeness (QED) is 0.461. The van der Waals surface area contributed by atoms with Gasteiger partial charge in [0.05, 0.1) is 11.3 Å². The van der Waals surface area contributed by atoms with Crippen LogP contribution in [0, 0.1) is 0 Å². The number of benzene rings is 3. The molecule has 2 N–H and O–H groups in total. The van der Waals surface area contributed by atoms with Crippen molar-refractivity contribution in [2.24, 2.45) is 0 Å². The van der Waals surface area contributed by atoms with Crippen molar-refractivity contribution in [2.75, 3.05) is 11.4 Å². The number of aromatic nitrogens is 1. The third-order valence-electron chi connectivity index (χ3n) is 5.84. The molecule has 0 spiro atoms. The molecule has 6 heteroatoms. The fraction of sp³-hybridized carbons (Fsp3) is 0.167. The predicted octanol–water partition coefficient (Wildman–Crippen LogP) is 5.47. The van der Waals surface area contributed by atoms with E-state index in [9.17, 15) is 15.0 Å². The number of carboxylic acid groups (broad SMARTS) is 1. The first-order chi connectivity index (χ1) is 14.5. The van der Waals surface area contributed by atoms with Crippen molar-refractivity contribution in [3.05, 3.63) is 82.7 Å². The topological polar surface area (TPSA) is 73.7 Å². The van der Waals surface area contributed by atoms with E-state index in [1.165, 1.54) is 27.7 Å². The maximum absolute atomic E-state index is 11.5. The first kappa shape index (κ1) is 18.6. The van der Waals surface area contributed by atoms with Crippen LogP contribution in [0.1, 0.15) is 35.4 Å². The van der Waals surface area contributed by atoms with Crippen molar-refractivity contribution in [2.45, 2.75) is 18.8 Å². The third kappa shape index (κ3) is 3.09. The fourth-order valence-electron chi connectivity index (χ4n) is 4.16. The Morgan fingerprint density at radius 3 is 2.67 bits per heavy atom. The van der Waals surface area contributed by atoms with Gasteiger partial charge < -0.3 is 15.1 Å². The van der Waals surface area contributed by atoms with Gasteiger partial charge >= 0.3 is 5.97 Å². The van der Waals surface area contributed by atoms with Crippen LogP contribution in [0.2, 0.25) is 0 Å². The minimum Gasteiger partial charge on any atom is -0.493 e. The Labute approximate surface area is 177 Å². The Morgan fingerprint density at radius 1 is 1.13 bits per heavy atom. The summed E-state index contributed by atoms with van der Waals surface area (Å²) in [4.78, 5) is 17.9. The zero-order chi connectivity index (χ0) is 20.8. The summed E-state index contributed by atoms with van der Waals surface area (Å²) in [5, 5.41) is 23.9. The van der Waals surface area contributed by atoms with Crippen molar-refractivity contribution in [3.63, 3.8) is 0 Å². The smallest absolute Gasteiger partial charge is 0.310 e. The lowest BCUT2D eigenvalue weighted by molar-refractivity contribution is -0.138. The maximum atomic E-state index is 11.5. The van der Waals surface area contributed by atoms with Crippen LogP contribution in [-0.2, 0) is 4.79 Å². The second-order valence-corrected chi connectivity index (χ2v) is 8.47. The minimum atomic E-state index is -0.836. The highest BCUT2D eigenvalue weighted by molar-refractivity contribution is 7.14. The largest absolute Gasteiger partial charge is 0.493 e. The van der Waals surface area contributed by atoms with Crippen LogP contribution in [-0.4, -0.2) is 27.7 Å². The second-order valence-electron chi connectivity index (χ2n) is 7.64. The Bertz CT molecular complexity index is 1270. The van der Waals surface area contributed by atoms with E-state index < -0.39 is 11.9 Å². The molecule has 1 aliphatic rings. The molecule has 4 aromatic rings. The third-order valence-corrected chi connectivity index (χ3v) is 6.69. The van der Waals surface area contributed by atoms with E-state index in [4.69, 9.17) is 0 Å². The normalized spacial score (nSPS) is 16.6. The molecule has 0 saturated heterocycles. The van der Waals surface area contributed by atoms with Crippen LogP contribution < -0.4 is 4.90 Å². The minimum absolute atomic E-state index is 0.0156. The van der Waals surface area contributed by atoms with Gasteiger partial charge in [-0.05, 0) is 40.5 Å². The molecule has 0 amide bonds. The van der Waals surface area contributed by atoms with E-state index in [0.29, 0.717) is 6.54 Å². The molecule has 5 rings (SSSR count). The van der Waals surface area contributed by atoms with Crippen molar-refractivity contribution in [1.29, 1.82) is 0 Å². The van der Waals surface area contributed by atoms with Gasteiger partial charge in [-0.2, -0.15) is 4.98 Å². The van der Waals surface area contributed by atoms with E-state index in [-0.39, 0.29) is 11.8 Å². The zero-order valence-corrected chi connectivity index (χ0v) is 17.1. The summed E-state index contributed by atoms with van der Waals surface area (Å²) >= 11 is 1.40. The average molecular weight is 417 g/mol. The number of rotatable bonds is 4. The maximum Gasteiger partial charge on any atom is 0.310 e. The number of fused-ring (bicyclic) bond motifs is 2. The van der Waals surface area contributed by atoms with Crippen LogP contribution in [0.15, 0.2) is 66.0 Å². The summed E-state index contributed by atoms with van der Waals surface area (Å²) in [6, 6.07) is 20.6. The molecule has 0 aliphatic carbocycles. The van der Waals surface area contributed by atoms with E-state index in [1.807, 2.05) is 30.3 Å². The fourth-order valence-corrected chi connectivity index (χ4v) is 4.87. The molecule has 0 bridgehead atoms. The summed E-state index contributed by atoms with van der Waals surface area (Å²) in [6.07, 6.45) is 0. The van der Waals surface area contributed by atoms with Gasteiger partial charge in [-0.25, -0.2) is 0 Å². The molecule has 2 unspecified atom stereocenters. The SMILES string of the molecule is CC(C(=O)O)c1ccc2c(c1)C(c1ccc3ccccc3c1)CN2c1nc(O)cs1. The summed E-state index contributed by atoms with van der Waals surface area (Å²) in [5.41, 5.74) is 4.06. The number of thiazole rings is 1. The molecule has 2 heterocycles. The molecule has 1 aromatic heterocycles. The monoisotopic (exact) mass is 416 g/mol. The highest BCUT2D eigenvalue weighted by Gasteiger charge is 2.33. The number of hydrogen-bond acceptors (Lipinski definition) is 5. The van der Waals surface area contributed by atoms with Gasteiger partial charge in [0.1, 0.15) is 0 Å². The van der Waals surface area contributed by atoms with Crippen LogP contribution in [0.5, 0.6) is 5.88 Å². The highest BCUT2D eigenvalue weighted by atomic mass is 32.1. The van der Waals surface area contributed by atoms with Crippen LogP contribution in [0.25, 0.3) is 10.8 Å². The number of carboxylic acids is 1. The first-order valence-electron chi connectivity index (χ1n) is 9.78. The Morgan fingerprint density at radius 2 is 1.93 bits per heavy atom. The van der Waals surface area contributed by atoms with Crippen molar-refractivity contribution in [3.8, 4) is 5.88 Å². The van der Waals surface area contributed by atoms with Gasteiger partial charge in [-0.3, -0.25) is 4.79 Å². The van der Waals surface area contributed by atoms with E-state index in [2.05, 4.69) is 40.2 Å². The Hall–Kier alpha value is -3.38. The lowest BCUT2D eigenvalue weighted by Gasteiger charge is -2.16. The van der Waals surface area contributed by atoms with Crippen LogP contribution in [0.3, 0.4) is 0 Å². The van der Waals surface area contributed by atoms with E-state index >= 15 is 0 Å². The average Bonchev–Trinajstić information content (AvgIpc) is 3.35. The van der Waals surface area contributed by atoms with Gasteiger partial charge in [-0.1, -0.05) is 54.6 Å². The number of anilines is 2. The molecular weight excluding hydrogens is 396 g/mol. The number of aliphatic carboxylic acids is 1.